The molecule has 0 fully saturated rings. The van der Waals surface area contributed by atoms with Crippen molar-refractivity contribution in [3.05, 3.63) is 35.9 Å². The minimum atomic E-state index is -0.0796. The van der Waals surface area contributed by atoms with Crippen LogP contribution in [0.2, 0.25) is 0 Å². The molecule has 1 atom stereocenters. The van der Waals surface area contributed by atoms with E-state index < -0.39 is 0 Å². The standard InChI is InChI=1S/C14H22N2O2/c1-12(16-14(17)11-18-10-9-15)7-8-13-5-3-2-4-6-13/h2-6,12H,7-11,15H2,1H3,(H,16,17). The van der Waals surface area contributed by atoms with Crippen LogP contribution in [0.15, 0.2) is 30.3 Å². The summed E-state index contributed by atoms with van der Waals surface area (Å²) >= 11 is 0. The molecule has 0 saturated heterocycles. The maximum Gasteiger partial charge on any atom is 0.246 e. The van der Waals surface area contributed by atoms with Gasteiger partial charge in [-0.3, -0.25) is 4.79 Å². The fraction of sp³-hybridized carbons (Fsp3) is 0.500. The molecule has 4 nitrogen and oxygen atoms in total. The Kier molecular flexibility index (Phi) is 7.06. The Hall–Kier alpha value is -1.39. The number of ether oxygens (including phenoxy) is 1. The summed E-state index contributed by atoms with van der Waals surface area (Å²) in [7, 11) is 0. The average molecular weight is 250 g/mol. The zero-order chi connectivity index (χ0) is 13.2. The van der Waals surface area contributed by atoms with E-state index in [4.69, 9.17) is 10.5 Å². The van der Waals surface area contributed by atoms with Gasteiger partial charge >= 0.3 is 0 Å². The van der Waals surface area contributed by atoms with Gasteiger partial charge in [0.15, 0.2) is 0 Å². The third-order valence-electron chi connectivity index (χ3n) is 2.61. The van der Waals surface area contributed by atoms with Crippen molar-refractivity contribution in [2.24, 2.45) is 5.73 Å². The molecule has 4 heteroatoms. The lowest BCUT2D eigenvalue weighted by Gasteiger charge is -2.13. The number of nitrogens with two attached hydrogens (primary N) is 1. The summed E-state index contributed by atoms with van der Waals surface area (Å²) in [6, 6.07) is 10.4. The molecule has 0 radical (unpaired) electrons. The predicted octanol–water partition coefficient (Wildman–Crippen LogP) is 1.10. The Labute approximate surface area is 109 Å². The van der Waals surface area contributed by atoms with E-state index in [2.05, 4.69) is 17.4 Å². The molecule has 1 rings (SSSR count). The molecular weight excluding hydrogens is 228 g/mol. The van der Waals surface area contributed by atoms with Crippen LogP contribution in [0.25, 0.3) is 0 Å². The van der Waals surface area contributed by atoms with Crippen LogP contribution in [0, 0.1) is 0 Å². The van der Waals surface area contributed by atoms with E-state index in [1.807, 2.05) is 25.1 Å². The minimum Gasteiger partial charge on any atom is -0.370 e. The van der Waals surface area contributed by atoms with Crippen molar-refractivity contribution in [3.63, 3.8) is 0 Å². The van der Waals surface area contributed by atoms with E-state index in [-0.39, 0.29) is 18.6 Å². The van der Waals surface area contributed by atoms with E-state index in [9.17, 15) is 4.79 Å². The summed E-state index contributed by atoms with van der Waals surface area (Å²) in [6.07, 6.45) is 1.89. The fourth-order valence-corrected chi connectivity index (χ4v) is 1.66. The molecule has 0 heterocycles. The quantitative estimate of drug-likeness (QED) is 0.679. The van der Waals surface area contributed by atoms with Gasteiger partial charge in [0.1, 0.15) is 6.61 Å². The summed E-state index contributed by atoms with van der Waals surface area (Å²) < 4.78 is 5.07. The Bertz CT molecular complexity index is 341. The summed E-state index contributed by atoms with van der Waals surface area (Å²) in [4.78, 5) is 11.5. The zero-order valence-corrected chi connectivity index (χ0v) is 10.9. The van der Waals surface area contributed by atoms with E-state index in [1.165, 1.54) is 5.56 Å². The first-order valence-electron chi connectivity index (χ1n) is 6.33. The van der Waals surface area contributed by atoms with Crippen molar-refractivity contribution in [3.8, 4) is 0 Å². The molecule has 0 spiro atoms. The molecule has 0 aliphatic carbocycles. The third-order valence-corrected chi connectivity index (χ3v) is 2.61. The van der Waals surface area contributed by atoms with Crippen LogP contribution >= 0.6 is 0 Å². The smallest absolute Gasteiger partial charge is 0.246 e. The van der Waals surface area contributed by atoms with E-state index in [0.29, 0.717) is 13.2 Å². The van der Waals surface area contributed by atoms with Crippen molar-refractivity contribution in [1.82, 2.24) is 5.32 Å². The molecule has 3 N–H and O–H groups in total. The van der Waals surface area contributed by atoms with Gasteiger partial charge in [-0.05, 0) is 25.3 Å². The molecular formula is C14H22N2O2. The second-order valence-electron chi connectivity index (χ2n) is 4.33. The van der Waals surface area contributed by atoms with Gasteiger partial charge in [-0.1, -0.05) is 30.3 Å². The highest BCUT2D eigenvalue weighted by atomic mass is 16.5. The van der Waals surface area contributed by atoms with Gasteiger partial charge in [0, 0.05) is 12.6 Å². The monoisotopic (exact) mass is 250 g/mol. The van der Waals surface area contributed by atoms with Crippen LogP contribution in [0.5, 0.6) is 0 Å². The normalized spacial score (nSPS) is 12.1. The highest BCUT2D eigenvalue weighted by molar-refractivity contribution is 5.77. The lowest BCUT2D eigenvalue weighted by Crippen LogP contribution is -2.36. The van der Waals surface area contributed by atoms with Crippen molar-refractivity contribution >= 4 is 5.91 Å². The van der Waals surface area contributed by atoms with E-state index >= 15 is 0 Å². The molecule has 1 aromatic carbocycles. The summed E-state index contributed by atoms with van der Waals surface area (Å²) in [5, 5.41) is 2.90. The maximum absolute atomic E-state index is 11.5. The van der Waals surface area contributed by atoms with Gasteiger partial charge in [0.2, 0.25) is 5.91 Å². The fourth-order valence-electron chi connectivity index (χ4n) is 1.66. The van der Waals surface area contributed by atoms with Crippen LogP contribution in [0.4, 0.5) is 0 Å². The zero-order valence-electron chi connectivity index (χ0n) is 10.9. The topological polar surface area (TPSA) is 64.3 Å². The summed E-state index contributed by atoms with van der Waals surface area (Å²) in [5.41, 5.74) is 6.56. The third kappa shape index (κ3) is 6.37. The first kappa shape index (κ1) is 14.7. The molecule has 0 aliphatic heterocycles. The first-order chi connectivity index (χ1) is 8.72. The summed E-state index contributed by atoms with van der Waals surface area (Å²) in [5.74, 6) is -0.0796. The number of aryl methyl sites for hydroxylation is 1. The molecule has 0 aromatic heterocycles. The predicted molar refractivity (Wildman–Crippen MR) is 72.2 cm³/mol. The molecule has 0 aliphatic rings. The average Bonchev–Trinajstić information content (AvgIpc) is 2.38. The van der Waals surface area contributed by atoms with Crippen LogP contribution < -0.4 is 11.1 Å². The van der Waals surface area contributed by atoms with Gasteiger partial charge in [0.25, 0.3) is 0 Å². The molecule has 100 valence electrons. The van der Waals surface area contributed by atoms with Crippen molar-refractivity contribution in [1.29, 1.82) is 0 Å². The lowest BCUT2D eigenvalue weighted by atomic mass is 10.1. The Morgan fingerprint density at radius 3 is 2.78 bits per heavy atom. The largest absolute Gasteiger partial charge is 0.370 e. The van der Waals surface area contributed by atoms with Crippen LogP contribution in [-0.2, 0) is 16.0 Å². The van der Waals surface area contributed by atoms with Crippen LogP contribution in [0.1, 0.15) is 18.9 Å². The van der Waals surface area contributed by atoms with Gasteiger partial charge in [-0.15, -0.1) is 0 Å². The molecule has 1 unspecified atom stereocenters. The van der Waals surface area contributed by atoms with Crippen molar-refractivity contribution in [2.75, 3.05) is 19.8 Å². The van der Waals surface area contributed by atoms with Crippen molar-refractivity contribution in [2.45, 2.75) is 25.8 Å². The van der Waals surface area contributed by atoms with Gasteiger partial charge in [-0.2, -0.15) is 0 Å². The number of nitrogens with one attached hydrogen (secondary N) is 1. The number of amides is 1. The number of carbonyl (C=O) groups is 1. The second kappa shape index (κ2) is 8.66. The maximum atomic E-state index is 11.5. The molecule has 18 heavy (non-hydrogen) atoms. The number of carbonyl (C=O) groups excluding carboxylic acids is 1. The van der Waals surface area contributed by atoms with Crippen LogP contribution in [-0.4, -0.2) is 31.7 Å². The highest BCUT2D eigenvalue weighted by Gasteiger charge is 2.07. The first-order valence-corrected chi connectivity index (χ1v) is 6.33. The number of hydrogen-bond donors (Lipinski definition) is 2. The van der Waals surface area contributed by atoms with Gasteiger partial charge in [-0.25, -0.2) is 0 Å². The molecule has 1 aromatic rings. The van der Waals surface area contributed by atoms with E-state index in [0.717, 1.165) is 12.8 Å². The Balaban J connectivity index is 2.17. The summed E-state index contributed by atoms with van der Waals surface area (Å²) in [6.45, 7) is 2.96. The Morgan fingerprint density at radius 2 is 2.11 bits per heavy atom. The number of benzene rings is 1. The molecule has 1 amide bonds. The van der Waals surface area contributed by atoms with Gasteiger partial charge < -0.3 is 15.8 Å². The Morgan fingerprint density at radius 1 is 1.39 bits per heavy atom. The second-order valence-corrected chi connectivity index (χ2v) is 4.33. The van der Waals surface area contributed by atoms with Crippen LogP contribution in [0.3, 0.4) is 0 Å². The van der Waals surface area contributed by atoms with E-state index in [1.54, 1.807) is 0 Å². The lowest BCUT2D eigenvalue weighted by molar-refractivity contribution is -0.126. The van der Waals surface area contributed by atoms with Crippen molar-refractivity contribution < 1.29 is 9.53 Å². The number of hydrogen-bond acceptors (Lipinski definition) is 3. The number of rotatable bonds is 8. The molecule has 0 bridgehead atoms. The minimum absolute atomic E-state index is 0.0796. The SMILES string of the molecule is CC(CCc1ccccc1)NC(=O)COCCN. The highest BCUT2D eigenvalue weighted by Crippen LogP contribution is 2.04. The van der Waals surface area contributed by atoms with Gasteiger partial charge in [0.05, 0.1) is 6.61 Å². The molecule has 0 saturated carbocycles.